The predicted molar refractivity (Wildman–Crippen MR) is 81.6 cm³/mol. The third-order valence-electron chi connectivity index (χ3n) is 3.66. The summed E-state index contributed by atoms with van der Waals surface area (Å²) in [7, 11) is 0. The van der Waals surface area contributed by atoms with Crippen LogP contribution in [0.15, 0.2) is 18.2 Å². The molecule has 6 heteroatoms. The quantitative estimate of drug-likeness (QED) is 0.619. The molecule has 114 valence electrons. The Hall–Kier alpha value is -2.11. The second-order valence-corrected chi connectivity index (χ2v) is 5.30. The van der Waals surface area contributed by atoms with E-state index in [-0.39, 0.29) is 11.6 Å². The molecule has 1 fully saturated rings. The number of hydrogen-bond acceptors (Lipinski definition) is 4. The molecule has 0 saturated heterocycles. The number of carbonyl (C=O) groups excluding carboxylic acids is 1. The maximum absolute atomic E-state index is 12.7. The van der Waals surface area contributed by atoms with Gasteiger partial charge in [-0.2, -0.15) is 0 Å². The molecule has 0 aliphatic heterocycles. The number of amides is 1. The van der Waals surface area contributed by atoms with Crippen LogP contribution in [0.4, 0.5) is 11.4 Å². The van der Waals surface area contributed by atoms with E-state index in [0.29, 0.717) is 30.3 Å². The zero-order valence-electron chi connectivity index (χ0n) is 12.5. The van der Waals surface area contributed by atoms with Crippen molar-refractivity contribution in [2.75, 3.05) is 25.0 Å². The summed E-state index contributed by atoms with van der Waals surface area (Å²) >= 11 is 0. The minimum atomic E-state index is -0.469. The Bertz CT molecular complexity index is 541. The number of benzene rings is 1. The van der Waals surface area contributed by atoms with Crippen LogP contribution in [0.5, 0.6) is 0 Å². The zero-order valence-corrected chi connectivity index (χ0v) is 12.5. The first-order valence-electron chi connectivity index (χ1n) is 7.38. The van der Waals surface area contributed by atoms with Crippen molar-refractivity contribution in [3.05, 3.63) is 33.9 Å². The molecule has 0 atom stereocenters. The minimum Gasteiger partial charge on any atom is -0.385 e. The zero-order chi connectivity index (χ0) is 15.4. The largest absolute Gasteiger partial charge is 0.385 e. The number of carbonyl (C=O) groups is 1. The molecule has 1 N–H and O–H groups in total. The van der Waals surface area contributed by atoms with E-state index in [9.17, 15) is 14.9 Å². The van der Waals surface area contributed by atoms with Gasteiger partial charge in [0.2, 0.25) is 0 Å². The molecule has 0 aromatic heterocycles. The fraction of sp³-hybridized carbons (Fsp3) is 0.533. The first kappa shape index (κ1) is 15.3. The molecule has 2 rings (SSSR count). The lowest BCUT2D eigenvalue weighted by molar-refractivity contribution is -0.384. The van der Waals surface area contributed by atoms with Gasteiger partial charge in [0.05, 0.1) is 10.5 Å². The van der Waals surface area contributed by atoms with Crippen molar-refractivity contribution in [1.29, 1.82) is 0 Å². The van der Waals surface area contributed by atoms with Crippen molar-refractivity contribution in [3.8, 4) is 0 Å². The number of nitro groups is 1. The summed E-state index contributed by atoms with van der Waals surface area (Å²) in [5.74, 6) is 0.458. The highest BCUT2D eigenvalue weighted by molar-refractivity contribution is 6.00. The standard InChI is InChI=1S/C15H21N3O3/c1-3-16-14-8-7-12(18(20)21)9-13(14)15(19)17(4-2)10-11-5-6-11/h7-9,11,16H,3-6,10H2,1-2H3. The summed E-state index contributed by atoms with van der Waals surface area (Å²) in [5.41, 5.74) is 0.985. The Balaban J connectivity index is 2.30. The highest BCUT2D eigenvalue weighted by Gasteiger charge is 2.28. The maximum Gasteiger partial charge on any atom is 0.270 e. The molecule has 21 heavy (non-hydrogen) atoms. The van der Waals surface area contributed by atoms with Gasteiger partial charge in [0.15, 0.2) is 0 Å². The van der Waals surface area contributed by atoms with Crippen LogP contribution in [0.2, 0.25) is 0 Å². The van der Waals surface area contributed by atoms with Crippen molar-refractivity contribution in [2.24, 2.45) is 5.92 Å². The Labute approximate surface area is 124 Å². The number of anilines is 1. The van der Waals surface area contributed by atoms with Gasteiger partial charge in [0, 0.05) is 37.5 Å². The number of nitrogens with zero attached hydrogens (tertiary/aromatic N) is 2. The molecule has 6 nitrogen and oxygen atoms in total. The molecule has 1 aromatic rings. The Morgan fingerprint density at radius 2 is 2.14 bits per heavy atom. The fourth-order valence-electron chi connectivity index (χ4n) is 2.31. The summed E-state index contributed by atoms with van der Waals surface area (Å²) in [6.07, 6.45) is 2.33. The molecule has 0 unspecified atom stereocenters. The maximum atomic E-state index is 12.7. The topological polar surface area (TPSA) is 75.5 Å². The molecule has 1 aliphatic carbocycles. The summed E-state index contributed by atoms with van der Waals surface area (Å²) in [6, 6.07) is 4.40. The van der Waals surface area contributed by atoms with Crippen LogP contribution in [0.3, 0.4) is 0 Å². The molecule has 1 aromatic carbocycles. The van der Waals surface area contributed by atoms with E-state index in [0.717, 1.165) is 6.54 Å². The van der Waals surface area contributed by atoms with Crippen LogP contribution in [-0.4, -0.2) is 35.4 Å². The third-order valence-corrected chi connectivity index (χ3v) is 3.66. The van der Waals surface area contributed by atoms with Crippen LogP contribution < -0.4 is 5.32 Å². The summed E-state index contributed by atoms with van der Waals surface area (Å²) in [4.78, 5) is 24.9. The number of hydrogen-bond donors (Lipinski definition) is 1. The van der Waals surface area contributed by atoms with Crippen molar-refractivity contribution in [3.63, 3.8) is 0 Å². The summed E-state index contributed by atoms with van der Waals surface area (Å²) in [6.45, 7) is 5.88. The first-order valence-corrected chi connectivity index (χ1v) is 7.38. The van der Waals surface area contributed by atoms with Crippen molar-refractivity contribution in [1.82, 2.24) is 4.90 Å². The van der Waals surface area contributed by atoms with Crippen molar-refractivity contribution >= 4 is 17.3 Å². The van der Waals surface area contributed by atoms with Crippen LogP contribution in [0.1, 0.15) is 37.0 Å². The first-order chi connectivity index (χ1) is 10.1. The number of nitro benzene ring substituents is 1. The minimum absolute atomic E-state index is 0.0533. The summed E-state index contributed by atoms with van der Waals surface area (Å²) < 4.78 is 0. The Morgan fingerprint density at radius 3 is 2.67 bits per heavy atom. The van der Waals surface area contributed by atoms with Gasteiger partial charge < -0.3 is 10.2 Å². The van der Waals surface area contributed by atoms with Gasteiger partial charge in [-0.25, -0.2) is 0 Å². The number of nitrogens with one attached hydrogen (secondary N) is 1. The van der Waals surface area contributed by atoms with Crippen LogP contribution in [0.25, 0.3) is 0 Å². The third kappa shape index (κ3) is 3.71. The lowest BCUT2D eigenvalue weighted by Crippen LogP contribution is -2.33. The van der Waals surface area contributed by atoms with Gasteiger partial charge in [0.1, 0.15) is 0 Å². The molecule has 0 radical (unpaired) electrons. The molecule has 0 spiro atoms. The lowest BCUT2D eigenvalue weighted by Gasteiger charge is -2.22. The van der Waals surface area contributed by atoms with E-state index in [2.05, 4.69) is 5.32 Å². The van der Waals surface area contributed by atoms with Crippen molar-refractivity contribution in [2.45, 2.75) is 26.7 Å². The second kappa shape index (κ2) is 6.56. The van der Waals surface area contributed by atoms with Gasteiger partial charge in [-0.05, 0) is 38.7 Å². The van der Waals surface area contributed by atoms with Crippen LogP contribution >= 0.6 is 0 Å². The highest BCUT2D eigenvalue weighted by atomic mass is 16.6. The second-order valence-electron chi connectivity index (χ2n) is 5.30. The number of non-ortho nitro benzene ring substituents is 1. The summed E-state index contributed by atoms with van der Waals surface area (Å²) in [5, 5.41) is 14.0. The molecule has 0 heterocycles. The Kier molecular flexibility index (Phi) is 4.77. The molecule has 0 bridgehead atoms. The smallest absolute Gasteiger partial charge is 0.270 e. The van der Waals surface area contributed by atoms with Crippen molar-refractivity contribution < 1.29 is 9.72 Å². The van der Waals surface area contributed by atoms with E-state index in [4.69, 9.17) is 0 Å². The van der Waals surface area contributed by atoms with E-state index in [1.165, 1.54) is 25.0 Å². The van der Waals surface area contributed by atoms with Gasteiger partial charge in [0.25, 0.3) is 11.6 Å². The molecule has 1 saturated carbocycles. The Morgan fingerprint density at radius 1 is 1.43 bits per heavy atom. The monoisotopic (exact) mass is 291 g/mol. The van der Waals surface area contributed by atoms with Gasteiger partial charge in [-0.3, -0.25) is 14.9 Å². The fourth-order valence-corrected chi connectivity index (χ4v) is 2.31. The van der Waals surface area contributed by atoms with Gasteiger partial charge >= 0.3 is 0 Å². The van der Waals surface area contributed by atoms with Crippen LogP contribution in [0, 0.1) is 16.0 Å². The number of rotatable bonds is 7. The average Bonchev–Trinajstić information content (AvgIpc) is 3.28. The molecular formula is C15H21N3O3. The average molecular weight is 291 g/mol. The molecular weight excluding hydrogens is 270 g/mol. The van der Waals surface area contributed by atoms with E-state index in [1.807, 2.05) is 13.8 Å². The van der Waals surface area contributed by atoms with E-state index < -0.39 is 4.92 Å². The van der Waals surface area contributed by atoms with E-state index >= 15 is 0 Å². The predicted octanol–water partition coefficient (Wildman–Crippen LogP) is 2.90. The van der Waals surface area contributed by atoms with Gasteiger partial charge in [-0.15, -0.1) is 0 Å². The normalized spacial score (nSPS) is 13.8. The van der Waals surface area contributed by atoms with Crippen LogP contribution in [-0.2, 0) is 0 Å². The van der Waals surface area contributed by atoms with E-state index in [1.54, 1.807) is 11.0 Å². The lowest BCUT2D eigenvalue weighted by atomic mass is 10.1. The molecule has 1 aliphatic rings. The molecule has 1 amide bonds. The van der Waals surface area contributed by atoms with Gasteiger partial charge in [-0.1, -0.05) is 0 Å². The SMILES string of the molecule is CCNc1ccc([N+](=O)[O-])cc1C(=O)N(CC)CC1CC1. The highest BCUT2D eigenvalue weighted by Crippen LogP contribution is 2.31.